The molecule has 0 amide bonds. The smallest absolute Gasteiger partial charge is 0.0934 e. The first-order chi connectivity index (χ1) is 10.0. The molecule has 4 nitrogen and oxygen atoms in total. The fraction of sp³-hybridized carbons (Fsp3) is 0.600. The van der Waals surface area contributed by atoms with Gasteiger partial charge in [-0.3, -0.25) is 0 Å². The van der Waals surface area contributed by atoms with Gasteiger partial charge in [0.25, 0.3) is 0 Å². The van der Waals surface area contributed by atoms with Gasteiger partial charge in [-0.25, -0.2) is 0 Å². The van der Waals surface area contributed by atoms with E-state index in [1.54, 1.807) is 11.3 Å². The van der Waals surface area contributed by atoms with Crippen LogP contribution in [0.1, 0.15) is 36.1 Å². The molecule has 0 aromatic carbocycles. The summed E-state index contributed by atoms with van der Waals surface area (Å²) >= 11 is 7.82. The lowest BCUT2D eigenvalue weighted by Gasteiger charge is -2.35. The number of halogens is 1. The molecule has 0 spiro atoms. The highest BCUT2D eigenvalue weighted by atomic mass is 35.5. The predicted molar refractivity (Wildman–Crippen MR) is 89.8 cm³/mol. The van der Waals surface area contributed by atoms with Gasteiger partial charge in [-0.2, -0.15) is 0 Å². The van der Waals surface area contributed by atoms with Crippen molar-refractivity contribution in [2.24, 2.45) is 5.73 Å². The van der Waals surface area contributed by atoms with Gasteiger partial charge in [-0.05, 0) is 43.7 Å². The van der Waals surface area contributed by atoms with Crippen molar-refractivity contribution in [2.75, 3.05) is 13.7 Å². The second-order valence-corrected chi connectivity index (χ2v) is 7.35. The molecule has 0 aliphatic carbocycles. The molecule has 118 valence electrons. The van der Waals surface area contributed by atoms with Crippen LogP contribution in [-0.4, -0.2) is 30.8 Å². The van der Waals surface area contributed by atoms with Crippen LogP contribution < -0.4 is 16.4 Å². The Balaban J connectivity index is 2.21. The summed E-state index contributed by atoms with van der Waals surface area (Å²) in [5, 5.41) is 15.8. The van der Waals surface area contributed by atoms with E-state index in [1.807, 2.05) is 19.3 Å². The Morgan fingerprint density at radius 1 is 1.62 bits per heavy atom. The minimum absolute atomic E-state index is 0.159. The highest BCUT2D eigenvalue weighted by Crippen LogP contribution is 2.40. The fourth-order valence-electron chi connectivity index (χ4n) is 3.07. The van der Waals surface area contributed by atoms with Crippen LogP contribution in [-0.2, 0) is 6.42 Å². The van der Waals surface area contributed by atoms with Gasteiger partial charge in [0.15, 0.2) is 0 Å². The monoisotopic (exact) mass is 329 g/mol. The van der Waals surface area contributed by atoms with Crippen molar-refractivity contribution in [2.45, 2.75) is 44.2 Å². The van der Waals surface area contributed by atoms with E-state index in [2.05, 4.69) is 17.6 Å². The van der Waals surface area contributed by atoms with Crippen LogP contribution in [0.15, 0.2) is 18.0 Å². The number of hydrogen-bond acceptors (Lipinski definition) is 5. The molecule has 3 atom stereocenters. The zero-order valence-corrected chi connectivity index (χ0v) is 14.1. The van der Waals surface area contributed by atoms with Gasteiger partial charge in [-0.1, -0.05) is 11.6 Å². The molecule has 1 aromatic rings. The minimum Gasteiger partial charge on any atom is -0.400 e. The maximum atomic E-state index is 9.23. The topological polar surface area (TPSA) is 70.3 Å². The molecule has 2 heterocycles. The number of nitrogens with two attached hydrogens (primary N) is 1. The molecule has 1 aliphatic rings. The Labute approximate surface area is 135 Å². The van der Waals surface area contributed by atoms with Crippen LogP contribution >= 0.6 is 22.9 Å². The van der Waals surface area contributed by atoms with Crippen LogP contribution in [0.4, 0.5) is 0 Å². The van der Waals surface area contributed by atoms with Gasteiger partial charge in [-0.15, -0.1) is 11.3 Å². The third kappa shape index (κ3) is 4.13. The van der Waals surface area contributed by atoms with Crippen LogP contribution in [0.3, 0.4) is 0 Å². The Kier molecular flexibility index (Phi) is 5.93. The van der Waals surface area contributed by atoms with E-state index in [-0.39, 0.29) is 12.6 Å². The molecule has 1 unspecified atom stereocenters. The van der Waals surface area contributed by atoms with E-state index in [1.165, 1.54) is 10.4 Å². The number of hydrogen-bond donors (Lipinski definition) is 4. The van der Waals surface area contributed by atoms with Crippen LogP contribution in [0.25, 0.3) is 0 Å². The maximum absolute atomic E-state index is 9.23. The van der Waals surface area contributed by atoms with Gasteiger partial charge in [0.05, 0.1) is 4.34 Å². The lowest BCUT2D eigenvalue weighted by Crippen LogP contribution is -2.46. The standard InChI is InChI=1S/C15H24ClN3OS/c1-9-5-11(6-13(19-9)12(17)8-18-2)15-10(3-4-20)7-14(16)21-15/h7-9,11,13,18-20H,3-6,17H2,1-2H3/b12-8-/t9-,11?,13-/m0/s1. The van der Waals surface area contributed by atoms with Gasteiger partial charge in [0.2, 0.25) is 0 Å². The van der Waals surface area contributed by atoms with E-state index in [4.69, 9.17) is 17.3 Å². The van der Waals surface area contributed by atoms with Crippen molar-refractivity contribution in [1.82, 2.24) is 10.6 Å². The minimum atomic E-state index is 0.159. The fourth-order valence-corrected chi connectivity index (χ4v) is 4.51. The van der Waals surface area contributed by atoms with Crippen molar-refractivity contribution >= 4 is 22.9 Å². The Bertz CT molecular complexity index is 503. The maximum Gasteiger partial charge on any atom is 0.0934 e. The van der Waals surface area contributed by atoms with E-state index in [0.29, 0.717) is 18.4 Å². The summed E-state index contributed by atoms with van der Waals surface area (Å²) in [5.74, 6) is 0.439. The second-order valence-electron chi connectivity index (χ2n) is 5.64. The summed E-state index contributed by atoms with van der Waals surface area (Å²) in [6, 6.07) is 2.57. The number of thiophene rings is 1. The molecular formula is C15H24ClN3OS. The van der Waals surface area contributed by atoms with Crippen LogP contribution in [0, 0.1) is 0 Å². The highest BCUT2D eigenvalue weighted by molar-refractivity contribution is 7.16. The van der Waals surface area contributed by atoms with E-state index in [0.717, 1.165) is 22.9 Å². The number of piperidine rings is 1. The number of nitrogens with one attached hydrogen (secondary N) is 2. The van der Waals surface area contributed by atoms with Crippen molar-refractivity contribution in [1.29, 1.82) is 0 Å². The van der Waals surface area contributed by atoms with Crippen molar-refractivity contribution in [3.05, 3.63) is 32.7 Å². The Hall–Kier alpha value is -0.750. The number of aliphatic hydroxyl groups is 1. The SMILES string of the molecule is CN/C=C(\N)[C@@H]1CC(c2sc(Cl)cc2CCO)C[C@H](C)N1. The first-order valence-corrected chi connectivity index (χ1v) is 8.52. The average Bonchev–Trinajstić information content (AvgIpc) is 2.80. The number of rotatable bonds is 5. The predicted octanol–water partition coefficient (Wildman–Crippen LogP) is 2.18. The molecular weight excluding hydrogens is 306 g/mol. The van der Waals surface area contributed by atoms with E-state index < -0.39 is 0 Å². The second kappa shape index (κ2) is 7.49. The zero-order chi connectivity index (χ0) is 15.4. The Morgan fingerprint density at radius 2 is 2.38 bits per heavy atom. The van der Waals surface area contributed by atoms with Gasteiger partial charge >= 0.3 is 0 Å². The molecule has 1 aromatic heterocycles. The summed E-state index contributed by atoms with van der Waals surface area (Å²) in [5.41, 5.74) is 8.15. The normalized spacial score (nSPS) is 26.9. The summed E-state index contributed by atoms with van der Waals surface area (Å²) in [6.07, 6.45) is 4.55. The van der Waals surface area contributed by atoms with Crippen LogP contribution in [0.5, 0.6) is 0 Å². The molecule has 1 saturated heterocycles. The zero-order valence-electron chi connectivity index (χ0n) is 12.5. The van der Waals surface area contributed by atoms with Gasteiger partial charge in [0.1, 0.15) is 0 Å². The summed E-state index contributed by atoms with van der Waals surface area (Å²) in [6.45, 7) is 2.35. The average molecular weight is 330 g/mol. The third-order valence-electron chi connectivity index (χ3n) is 3.92. The van der Waals surface area contributed by atoms with E-state index in [9.17, 15) is 5.11 Å². The molecule has 2 rings (SSSR count). The summed E-state index contributed by atoms with van der Waals surface area (Å²) in [4.78, 5) is 1.31. The molecule has 1 fully saturated rings. The molecule has 1 aliphatic heterocycles. The molecule has 0 radical (unpaired) electrons. The van der Waals surface area contributed by atoms with Crippen LogP contribution in [0.2, 0.25) is 4.34 Å². The first-order valence-electron chi connectivity index (χ1n) is 7.33. The highest BCUT2D eigenvalue weighted by Gasteiger charge is 2.30. The lowest BCUT2D eigenvalue weighted by molar-refractivity contribution is 0.297. The van der Waals surface area contributed by atoms with E-state index >= 15 is 0 Å². The van der Waals surface area contributed by atoms with Crippen molar-refractivity contribution in [3.63, 3.8) is 0 Å². The van der Waals surface area contributed by atoms with Crippen molar-refractivity contribution in [3.8, 4) is 0 Å². The molecule has 21 heavy (non-hydrogen) atoms. The molecule has 0 bridgehead atoms. The lowest BCUT2D eigenvalue weighted by atomic mass is 9.84. The summed E-state index contributed by atoms with van der Waals surface area (Å²) < 4.78 is 0.801. The Morgan fingerprint density at radius 3 is 3.05 bits per heavy atom. The molecule has 6 heteroatoms. The van der Waals surface area contributed by atoms with Crippen molar-refractivity contribution < 1.29 is 5.11 Å². The first kappa shape index (κ1) is 16.6. The van der Waals surface area contributed by atoms with Gasteiger partial charge < -0.3 is 21.5 Å². The van der Waals surface area contributed by atoms with Gasteiger partial charge in [0, 0.05) is 42.5 Å². The molecule has 5 N–H and O–H groups in total. The molecule has 0 saturated carbocycles. The quantitative estimate of drug-likeness (QED) is 0.668. The largest absolute Gasteiger partial charge is 0.400 e. The third-order valence-corrected chi connectivity index (χ3v) is 5.39. The number of aliphatic hydroxyl groups excluding tert-OH is 1. The summed E-state index contributed by atoms with van der Waals surface area (Å²) in [7, 11) is 1.86.